The molecule has 0 saturated heterocycles. The van der Waals surface area contributed by atoms with Crippen LogP contribution in [0.15, 0.2) is 0 Å². The minimum atomic E-state index is 0.198. The third kappa shape index (κ3) is 3.76. The summed E-state index contributed by atoms with van der Waals surface area (Å²) in [6.07, 6.45) is 0.198. The normalized spacial score (nSPS) is 11.7. The lowest BCUT2D eigenvalue weighted by molar-refractivity contribution is 0.0589. The van der Waals surface area contributed by atoms with Gasteiger partial charge in [0.05, 0.1) is 12.0 Å². The van der Waals surface area contributed by atoms with E-state index in [2.05, 4.69) is 28.6 Å². The lowest BCUT2D eigenvalue weighted by atomic mass is 10.2. The molecular weight excluding hydrogens is 226 g/mol. The number of aromatic nitrogens is 3. The van der Waals surface area contributed by atoms with Crippen molar-refractivity contribution < 1.29 is 4.74 Å². The molecule has 1 aromatic rings. The minimum Gasteiger partial charge on any atom is -0.371 e. The Hall–Kier alpha value is -0.610. The molecule has 0 atom stereocenters. The maximum atomic E-state index is 5.83. The molecule has 92 valence electrons. The molecule has 0 aromatic carbocycles. The summed E-state index contributed by atoms with van der Waals surface area (Å²) in [7, 11) is 0. The zero-order chi connectivity index (χ0) is 12.1. The molecule has 0 unspecified atom stereocenters. The number of nitrogens with zero attached hydrogens (tertiary/aromatic N) is 3. The van der Waals surface area contributed by atoms with Crippen LogP contribution in [0.1, 0.15) is 39.3 Å². The van der Waals surface area contributed by atoms with Crippen molar-refractivity contribution in [1.82, 2.24) is 14.8 Å². The third-order valence-electron chi connectivity index (χ3n) is 2.12. The number of alkyl halides is 1. The van der Waals surface area contributed by atoms with Gasteiger partial charge in [-0.15, -0.1) is 21.8 Å². The Bertz CT molecular complexity index is 323. The highest BCUT2D eigenvalue weighted by Crippen LogP contribution is 2.10. The molecule has 0 fully saturated rings. The van der Waals surface area contributed by atoms with Crippen LogP contribution >= 0.6 is 11.6 Å². The Morgan fingerprint density at radius 1 is 1.19 bits per heavy atom. The maximum absolute atomic E-state index is 5.83. The summed E-state index contributed by atoms with van der Waals surface area (Å²) < 4.78 is 7.60. The van der Waals surface area contributed by atoms with Gasteiger partial charge in [-0.05, 0) is 19.8 Å². The van der Waals surface area contributed by atoms with Crippen molar-refractivity contribution in [2.75, 3.05) is 0 Å². The molecule has 0 aliphatic rings. The summed E-state index contributed by atoms with van der Waals surface area (Å²) in [6.45, 7) is 9.70. The molecule has 0 aliphatic carbocycles. The van der Waals surface area contributed by atoms with E-state index in [0.29, 0.717) is 18.4 Å². The number of hydrogen-bond acceptors (Lipinski definition) is 3. The van der Waals surface area contributed by atoms with Crippen LogP contribution in [0.5, 0.6) is 0 Å². The van der Waals surface area contributed by atoms with Gasteiger partial charge in [0.15, 0.2) is 5.82 Å². The fraction of sp³-hybridized carbons (Fsp3) is 0.818. The SMILES string of the molecule is CC(C)Cn1c(CCl)nnc1COC(C)C. The van der Waals surface area contributed by atoms with Crippen molar-refractivity contribution in [2.24, 2.45) is 5.92 Å². The number of hydrogen-bond donors (Lipinski definition) is 0. The Labute approximate surface area is 102 Å². The molecule has 0 spiro atoms. The first-order valence-corrected chi connectivity index (χ1v) is 6.16. The maximum Gasteiger partial charge on any atom is 0.159 e. The monoisotopic (exact) mass is 245 g/mol. The summed E-state index contributed by atoms with van der Waals surface area (Å²) in [4.78, 5) is 0. The Balaban J connectivity index is 2.78. The topological polar surface area (TPSA) is 39.9 Å². The van der Waals surface area contributed by atoms with Crippen LogP contribution in [0.25, 0.3) is 0 Å². The fourth-order valence-corrected chi connectivity index (χ4v) is 1.59. The Kier molecular flexibility index (Phi) is 5.22. The summed E-state index contributed by atoms with van der Waals surface area (Å²) in [6, 6.07) is 0. The summed E-state index contributed by atoms with van der Waals surface area (Å²) in [5.74, 6) is 2.60. The molecule has 16 heavy (non-hydrogen) atoms. The first-order valence-electron chi connectivity index (χ1n) is 5.63. The van der Waals surface area contributed by atoms with E-state index in [4.69, 9.17) is 16.3 Å². The molecule has 0 bridgehead atoms. The van der Waals surface area contributed by atoms with E-state index in [1.807, 2.05) is 13.8 Å². The van der Waals surface area contributed by atoms with Crippen LogP contribution in [0.4, 0.5) is 0 Å². The van der Waals surface area contributed by atoms with Crippen molar-refractivity contribution in [3.63, 3.8) is 0 Å². The van der Waals surface area contributed by atoms with E-state index >= 15 is 0 Å². The van der Waals surface area contributed by atoms with Crippen LogP contribution in [0.3, 0.4) is 0 Å². The van der Waals surface area contributed by atoms with E-state index in [-0.39, 0.29) is 6.10 Å². The van der Waals surface area contributed by atoms with Gasteiger partial charge in [0, 0.05) is 6.54 Å². The highest BCUT2D eigenvalue weighted by molar-refractivity contribution is 6.16. The quantitative estimate of drug-likeness (QED) is 0.724. The Morgan fingerprint density at radius 2 is 1.81 bits per heavy atom. The van der Waals surface area contributed by atoms with E-state index in [0.717, 1.165) is 18.2 Å². The van der Waals surface area contributed by atoms with Crippen molar-refractivity contribution in [3.05, 3.63) is 11.6 Å². The second-order valence-corrected chi connectivity index (χ2v) is 4.80. The summed E-state index contributed by atoms with van der Waals surface area (Å²) >= 11 is 5.83. The molecule has 0 radical (unpaired) electrons. The predicted octanol–water partition coefficient (Wildman–Crippen LogP) is 2.60. The van der Waals surface area contributed by atoms with Gasteiger partial charge in [0.2, 0.25) is 0 Å². The van der Waals surface area contributed by atoms with Gasteiger partial charge >= 0.3 is 0 Å². The molecular formula is C11H20ClN3O. The average Bonchev–Trinajstić information content (AvgIpc) is 2.56. The van der Waals surface area contributed by atoms with Gasteiger partial charge in [-0.3, -0.25) is 0 Å². The van der Waals surface area contributed by atoms with Crippen LogP contribution in [0, 0.1) is 5.92 Å². The van der Waals surface area contributed by atoms with E-state index in [9.17, 15) is 0 Å². The predicted molar refractivity (Wildman–Crippen MR) is 64.3 cm³/mol. The van der Waals surface area contributed by atoms with Gasteiger partial charge in [-0.2, -0.15) is 0 Å². The lowest BCUT2D eigenvalue weighted by Crippen LogP contribution is -2.13. The molecule has 0 amide bonds. The van der Waals surface area contributed by atoms with Crippen LogP contribution < -0.4 is 0 Å². The largest absolute Gasteiger partial charge is 0.371 e. The van der Waals surface area contributed by atoms with Crippen molar-refractivity contribution in [1.29, 1.82) is 0 Å². The minimum absolute atomic E-state index is 0.198. The van der Waals surface area contributed by atoms with Crippen LogP contribution in [-0.4, -0.2) is 20.9 Å². The standard InChI is InChI=1S/C11H20ClN3O/c1-8(2)6-15-10(5-12)13-14-11(15)7-16-9(3)4/h8-9H,5-7H2,1-4H3. The number of halogens is 1. The molecule has 4 nitrogen and oxygen atoms in total. The highest BCUT2D eigenvalue weighted by atomic mass is 35.5. The van der Waals surface area contributed by atoms with Gasteiger partial charge in [-0.1, -0.05) is 13.8 Å². The molecule has 1 aromatic heterocycles. The van der Waals surface area contributed by atoms with Crippen molar-refractivity contribution in [2.45, 2.75) is 52.8 Å². The van der Waals surface area contributed by atoms with Crippen molar-refractivity contribution in [3.8, 4) is 0 Å². The summed E-state index contributed by atoms with van der Waals surface area (Å²) in [5.41, 5.74) is 0. The molecule has 1 rings (SSSR count). The molecule has 1 heterocycles. The molecule has 0 N–H and O–H groups in total. The third-order valence-corrected chi connectivity index (χ3v) is 2.36. The van der Waals surface area contributed by atoms with Gasteiger partial charge in [0.1, 0.15) is 12.4 Å². The second kappa shape index (κ2) is 6.21. The first-order chi connectivity index (χ1) is 7.54. The fourth-order valence-electron chi connectivity index (χ4n) is 1.40. The van der Waals surface area contributed by atoms with E-state index < -0.39 is 0 Å². The van der Waals surface area contributed by atoms with Crippen molar-refractivity contribution >= 4 is 11.6 Å². The molecule has 0 aliphatic heterocycles. The van der Waals surface area contributed by atoms with Crippen LogP contribution in [0.2, 0.25) is 0 Å². The average molecular weight is 246 g/mol. The lowest BCUT2D eigenvalue weighted by Gasteiger charge is -2.12. The van der Waals surface area contributed by atoms with Gasteiger partial charge < -0.3 is 9.30 Å². The Morgan fingerprint density at radius 3 is 2.31 bits per heavy atom. The highest BCUT2D eigenvalue weighted by Gasteiger charge is 2.12. The van der Waals surface area contributed by atoms with Gasteiger partial charge in [-0.25, -0.2) is 0 Å². The molecule has 5 heteroatoms. The van der Waals surface area contributed by atoms with E-state index in [1.54, 1.807) is 0 Å². The zero-order valence-electron chi connectivity index (χ0n) is 10.4. The van der Waals surface area contributed by atoms with E-state index in [1.165, 1.54) is 0 Å². The smallest absolute Gasteiger partial charge is 0.159 e. The number of ether oxygens (including phenoxy) is 1. The van der Waals surface area contributed by atoms with Gasteiger partial charge in [0.25, 0.3) is 0 Å². The second-order valence-electron chi connectivity index (χ2n) is 4.53. The summed E-state index contributed by atoms with van der Waals surface area (Å²) in [5, 5.41) is 8.18. The number of rotatable bonds is 6. The molecule has 0 saturated carbocycles. The zero-order valence-corrected chi connectivity index (χ0v) is 11.2. The van der Waals surface area contributed by atoms with Crippen LogP contribution in [-0.2, 0) is 23.8 Å². The first kappa shape index (κ1) is 13.5.